The molecule has 26 heavy (non-hydrogen) atoms. The lowest BCUT2D eigenvalue weighted by molar-refractivity contribution is 0.0553. The quantitative estimate of drug-likeness (QED) is 0.702. The van der Waals surface area contributed by atoms with Crippen LogP contribution in [0.2, 0.25) is 0 Å². The molecule has 0 aliphatic heterocycles. The standard InChI is InChI=1S/C19H21NO6/c1-23-14-8-7-12(16(9-14)24-2)5-6-13-10-20-11-15(18(21)25-3)17(13)19(22)26-4/h7-11H,5-6H2,1-4H3. The predicted octanol–water partition coefficient (Wildman–Crippen LogP) is 2.46. The molecule has 0 N–H and O–H groups in total. The number of nitrogens with zero attached hydrogens (tertiary/aromatic N) is 1. The summed E-state index contributed by atoms with van der Waals surface area (Å²) in [6.45, 7) is 0. The van der Waals surface area contributed by atoms with Crippen LogP contribution < -0.4 is 9.47 Å². The normalized spacial score (nSPS) is 10.2. The lowest BCUT2D eigenvalue weighted by atomic mass is 9.98. The van der Waals surface area contributed by atoms with Crippen LogP contribution in [0.1, 0.15) is 31.8 Å². The maximum Gasteiger partial charge on any atom is 0.340 e. The van der Waals surface area contributed by atoms with Crippen molar-refractivity contribution in [3.63, 3.8) is 0 Å². The van der Waals surface area contributed by atoms with Crippen molar-refractivity contribution in [2.24, 2.45) is 0 Å². The molecule has 2 rings (SSSR count). The van der Waals surface area contributed by atoms with Crippen molar-refractivity contribution >= 4 is 11.9 Å². The molecule has 1 aromatic carbocycles. The van der Waals surface area contributed by atoms with E-state index in [-0.39, 0.29) is 11.1 Å². The Morgan fingerprint density at radius 1 is 0.885 bits per heavy atom. The van der Waals surface area contributed by atoms with Crippen LogP contribution in [0.25, 0.3) is 0 Å². The van der Waals surface area contributed by atoms with Crippen molar-refractivity contribution < 1.29 is 28.5 Å². The number of methoxy groups -OCH3 is 4. The number of aryl methyl sites for hydroxylation is 2. The molecule has 0 aliphatic carbocycles. The van der Waals surface area contributed by atoms with Gasteiger partial charge in [-0.25, -0.2) is 9.59 Å². The Hall–Kier alpha value is -3.09. The number of benzene rings is 1. The number of aromatic nitrogens is 1. The lowest BCUT2D eigenvalue weighted by Gasteiger charge is -2.13. The van der Waals surface area contributed by atoms with Gasteiger partial charge in [-0.15, -0.1) is 0 Å². The fourth-order valence-corrected chi connectivity index (χ4v) is 2.63. The second kappa shape index (κ2) is 8.84. The van der Waals surface area contributed by atoms with Crippen LogP contribution in [-0.2, 0) is 22.3 Å². The van der Waals surface area contributed by atoms with Crippen molar-refractivity contribution in [1.29, 1.82) is 0 Å². The van der Waals surface area contributed by atoms with Gasteiger partial charge in [0.15, 0.2) is 0 Å². The molecule has 2 aromatic rings. The van der Waals surface area contributed by atoms with E-state index >= 15 is 0 Å². The smallest absolute Gasteiger partial charge is 0.340 e. The Kier molecular flexibility index (Phi) is 6.54. The minimum absolute atomic E-state index is 0.0820. The van der Waals surface area contributed by atoms with Crippen molar-refractivity contribution in [2.45, 2.75) is 12.8 Å². The van der Waals surface area contributed by atoms with Gasteiger partial charge in [0.1, 0.15) is 11.5 Å². The third kappa shape index (κ3) is 4.11. The Balaban J connectivity index is 2.35. The van der Waals surface area contributed by atoms with Gasteiger partial charge in [-0.05, 0) is 30.0 Å². The molecule has 0 aliphatic rings. The molecule has 0 bridgehead atoms. The fourth-order valence-electron chi connectivity index (χ4n) is 2.63. The highest BCUT2D eigenvalue weighted by molar-refractivity contribution is 6.03. The summed E-state index contributed by atoms with van der Waals surface area (Å²) < 4.78 is 20.1. The number of hydrogen-bond donors (Lipinski definition) is 0. The van der Waals surface area contributed by atoms with Gasteiger partial charge in [0, 0.05) is 18.5 Å². The molecule has 0 spiro atoms. The number of carbonyl (C=O) groups excluding carboxylic acids is 2. The Labute approximate surface area is 151 Å². The minimum Gasteiger partial charge on any atom is -0.497 e. The summed E-state index contributed by atoms with van der Waals surface area (Å²) in [5.41, 5.74) is 1.78. The summed E-state index contributed by atoms with van der Waals surface area (Å²) in [4.78, 5) is 28.2. The average molecular weight is 359 g/mol. The maximum absolute atomic E-state index is 12.2. The van der Waals surface area contributed by atoms with E-state index in [1.54, 1.807) is 26.5 Å². The number of ether oxygens (including phenoxy) is 4. The predicted molar refractivity (Wildman–Crippen MR) is 93.9 cm³/mol. The van der Waals surface area contributed by atoms with Crippen LogP contribution >= 0.6 is 0 Å². The average Bonchev–Trinajstić information content (AvgIpc) is 2.70. The Bertz CT molecular complexity index is 803. The highest BCUT2D eigenvalue weighted by Gasteiger charge is 2.23. The van der Waals surface area contributed by atoms with E-state index in [0.717, 1.165) is 5.56 Å². The summed E-state index contributed by atoms with van der Waals surface area (Å²) in [6.07, 6.45) is 3.89. The Morgan fingerprint density at radius 2 is 1.58 bits per heavy atom. The topological polar surface area (TPSA) is 84.0 Å². The van der Waals surface area contributed by atoms with Crippen LogP contribution in [0.4, 0.5) is 0 Å². The van der Waals surface area contributed by atoms with E-state index < -0.39 is 11.9 Å². The molecule has 0 saturated carbocycles. The number of rotatable bonds is 7. The molecular weight excluding hydrogens is 338 g/mol. The van der Waals surface area contributed by atoms with Gasteiger partial charge in [0.2, 0.25) is 0 Å². The first-order valence-corrected chi connectivity index (χ1v) is 7.90. The molecule has 0 unspecified atom stereocenters. The summed E-state index contributed by atoms with van der Waals surface area (Å²) >= 11 is 0. The van der Waals surface area contributed by atoms with Crippen LogP contribution in [0.5, 0.6) is 11.5 Å². The van der Waals surface area contributed by atoms with Crippen molar-refractivity contribution in [1.82, 2.24) is 4.98 Å². The van der Waals surface area contributed by atoms with Gasteiger partial charge in [-0.2, -0.15) is 0 Å². The van der Waals surface area contributed by atoms with E-state index in [2.05, 4.69) is 4.98 Å². The third-order valence-electron chi connectivity index (χ3n) is 3.98. The van der Waals surface area contributed by atoms with Crippen molar-refractivity contribution in [3.05, 3.63) is 52.8 Å². The van der Waals surface area contributed by atoms with Crippen molar-refractivity contribution in [3.8, 4) is 11.5 Å². The molecule has 1 heterocycles. The molecule has 0 atom stereocenters. The largest absolute Gasteiger partial charge is 0.497 e. The van der Waals surface area contributed by atoms with E-state index in [0.29, 0.717) is 29.9 Å². The van der Waals surface area contributed by atoms with Gasteiger partial charge in [0.05, 0.1) is 39.6 Å². The second-order valence-corrected chi connectivity index (χ2v) is 5.38. The zero-order valence-electron chi connectivity index (χ0n) is 15.2. The maximum atomic E-state index is 12.2. The molecular formula is C19H21NO6. The SMILES string of the molecule is COC(=O)c1cncc(CCc2ccc(OC)cc2OC)c1C(=O)OC. The first-order chi connectivity index (χ1) is 12.5. The monoisotopic (exact) mass is 359 g/mol. The highest BCUT2D eigenvalue weighted by atomic mass is 16.5. The van der Waals surface area contributed by atoms with Gasteiger partial charge < -0.3 is 18.9 Å². The highest BCUT2D eigenvalue weighted by Crippen LogP contribution is 2.26. The summed E-state index contributed by atoms with van der Waals surface area (Å²) in [7, 11) is 5.68. The van der Waals surface area contributed by atoms with E-state index in [9.17, 15) is 9.59 Å². The van der Waals surface area contributed by atoms with Gasteiger partial charge in [-0.1, -0.05) is 6.07 Å². The van der Waals surface area contributed by atoms with Crippen LogP contribution in [-0.4, -0.2) is 45.4 Å². The number of esters is 2. The summed E-state index contributed by atoms with van der Waals surface area (Å²) in [6, 6.07) is 5.52. The molecule has 0 fully saturated rings. The zero-order valence-corrected chi connectivity index (χ0v) is 15.2. The molecule has 0 radical (unpaired) electrons. The number of pyridine rings is 1. The van der Waals surface area contributed by atoms with E-state index in [4.69, 9.17) is 18.9 Å². The lowest BCUT2D eigenvalue weighted by Crippen LogP contribution is -2.16. The minimum atomic E-state index is -0.637. The van der Waals surface area contributed by atoms with Crippen LogP contribution in [0.3, 0.4) is 0 Å². The van der Waals surface area contributed by atoms with Crippen LogP contribution in [0.15, 0.2) is 30.6 Å². The number of hydrogen-bond acceptors (Lipinski definition) is 7. The molecule has 0 amide bonds. The molecule has 7 nitrogen and oxygen atoms in total. The fraction of sp³-hybridized carbons (Fsp3) is 0.316. The molecule has 0 saturated heterocycles. The zero-order chi connectivity index (χ0) is 19.1. The first-order valence-electron chi connectivity index (χ1n) is 7.90. The van der Waals surface area contributed by atoms with Gasteiger partial charge in [-0.3, -0.25) is 4.98 Å². The number of carbonyl (C=O) groups is 2. The van der Waals surface area contributed by atoms with E-state index in [1.807, 2.05) is 12.1 Å². The first kappa shape index (κ1) is 19.2. The van der Waals surface area contributed by atoms with Gasteiger partial charge >= 0.3 is 11.9 Å². The van der Waals surface area contributed by atoms with E-state index in [1.165, 1.54) is 20.4 Å². The summed E-state index contributed by atoms with van der Waals surface area (Å²) in [5, 5.41) is 0. The molecule has 1 aromatic heterocycles. The Morgan fingerprint density at radius 3 is 2.19 bits per heavy atom. The second-order valence-electron chi connectivity index (χ2n) is 5.38. The molecule has 7 heteroatoms. The van der Waals surface area contributed by atoms with Crippen LogP contribution in [0, 0.1) is 0 Å². The summed E-state index contributed by atoms with van der Waals surface area (Å²) in [5.74, 6) is 0.127. The van der Waals surface area contributed by atoms with Crippen molar-refractivity contribution in [2.75, 3.05) is 28.4 Å². The third-order valence-corrected chi connectivity index (χ3v) is 3.98. The molecule has 138 valence electrons. The van der Waals surface area contributed by atoms with Gasteiger partial charge in [0.25, 0.3) is 0 Å².